The van der Waals surface area contributed by atoms with E-state index < -0.39 is 23.5 Å². The fourth-order valence-electron chi connectivity index (χ4n) is 3.22. The van der Waals surface area contributed by atoms with Gasteiger partial charge in [0.15, 0.2) is 6.29 Å². The number of aliphatic hydroxyl groups excluding tert-OH is 1. The number of carbonyl (C=O) groups is 5. The quantitative estimate of drug-likeness (QED) is 0.0382. The van der Waals surface area contributed by atoms with Gasteiger partial charge in [-0.05, 0) is 98.8 Å². The van der Waals surface area contributed by atoms with Crippen LogP contribution in [-0.2, 0) is 24.0 Å². The molecule has 1 unspecified atom stereocenters. The number of carboxylic acids is 2. The van der Waals surface area contributed by atoms with Crippen LogP contribution in [0.4, 0.5) is 0 Å². The number of nitrogens with two attached hydrogens (primary N) is 1. The van der Waals surface area contributed by atoms with Gasteiger partial charge in [-0.25, -0.2) is 0 Å². The number of hydrogen-bond acceptors (Lipinski definition) is 10. The van der Waals surface area contributed by atoms with Crippen LogP contribution in [-0.4, -0.2) is 70.9 Å². The third-order valence-electron chi connectivity index (χ3n) is 5.57. The minimum Gasteiger partial charge on any atom is -1.00 e. The molecular formula is C31H43Br2ClN2Na2O11. The molecule has 18 heteroatoms. The predicted molar refractivity (Wildman–Crippen MR) is 182 cm³/mol. The molecule has 1 saturated heterocycles. The molecule has 1 fully saturated rings. The van der Waals surface area contributed by atoms with Gasteiger partial charge in [0.25, 0.3) is 17.6 Å². The number of benzene rings is 2. The van der Waals surface area contributed by atoms with Crippen molar-refractivity contribution < 1.29 is 115 Å². The smallest absolute Gasteiger partial charge is 1.00 e. The summed E-state index contributed by atoms with van der Waals surface area (Å²) in [5, 5.41) is 36.0. The Hall–Kier alpha value is -0.920. The maximum Gasteiger partial charge on any atom is 1.00 e. The van der Waals surface area contributed by atoms with Crippen molar-refractivity contribution in [3.05, 3.63) is 68.6 Å². The van der Waals surface area contributed by atoms with Crippen molar-refractivity contribution in [3.63, 3.8) is 0 Å². The van der Waals surface area contributed by atoms with Crippen LogP contribution in [0.15, 0.2) is 57.5 Å². The first kappa shape index (κ1) is 54.8. The van der Waals surface area contributed by atoms with Crippen molar-refractivity contribution in [2.45, 2.75) is 70.5 Å². The van der Waals surface area contributed by atoms with Crippen LogP contribution >= 0.6 is 43.5 Å². The molecule has 0 aromatic heterocycles. The summed E-state index contributed by atoms with van der Waals surface area (Å²) in [6.07, 6.45) is 6.75. The van der Waals surface area contributed by atoms with Gasteiger partial charge >= 0.3 is 71.1 Å². The van der Waals surface area contributed by atoms with Gasteiger partial charge in [0.1, 0.15) is 0 Å². The van der Waals surface area contributed by atoms with E-state index in [1.54, 1.807) is 36.4 Å². The van der Waals surface area contributed by atoms with Gasteiger partial charge < -0.3 is 42.7 Å². The molecule has 2 aromatic carbocycles. The molecule has 0 aliphatic carbocycles. The number of unbranched alkanes of at least 4 members (excludes halogenated alkanes) is 4. The molecule has 1 heterocycles. The maximum atomic E-state index is 11.7. The Morgan fingerprint density at radius 3 is 1.67 bits per heavy atom. The van der Waals surface area contributed by atoms with Crippen molar-refractivity contribution in [1.82, 2.24) is 5.32 Å². The number of hydrogen-bond donors (Lipinski definition) is 5. The van der Waals surface area contributed by atoms with Crippen LogP contribution in [0.5, 0.6) is 0 Å². The van der Waals surface area contributed by atoms with E-state index in [2.05, 4.69) is 42.1 Å². The summed E-state index contributed by atoms with van der Waals surface area (Å²) in [7, 11) is 0. The van der Waals surface area contributed by atoms with Crippen LogP contribution in [0.1, 0.15) is 86.4 Å². The van der Waals surface area contributed by atoms with E-state index in [1.165, 1.54) is 0 Å². The molecule has 1 aliphatic heterocycles. The van der Waals surface area contributed by atoms with E-state index in [9.17, 15) is 19.2 Å². The normalized spacial score (nSPS) is 12.0. The molecule has 49 heavy (non-hydrogen) atoms. The van der Waals surface area contributed by atoms with E-state index in [-0.39, 0.29) is 85.8 Å². The Kier molecular flexibility index (Phi) is 42.9. The number of aliphatic carboxylic acids is 2. The second kappa shape index (κ2) is 38.3. The maximum absolute atomic E-state index is 11.7. The summed E-state index contributed by atoms with van der Waals surface area (Å²) in [5.41, 5.74) is 6.34. The molecular weight excluding hydrogens is 818 g/mol. The average molecular weight is 861 g/mol. The second-order valence-corrected chi connectivity index (χ2v) is 11.6. The average Bonchev–Trinajstić information content (AvgIpc) is 3.53. The van der Waals surface area contributed by atoms with E-state index >= 15 is 0 Å². The van der Waals surface area contributed by atoms with Crippen LogP contribution in [0.25, 0.3) is 0 Å². The first-order chi connectivity index (χ1) is 22.4. The van der Waals surface area contributed by atoms with Gasteiger partial charge in [-0.15, -0.1) is 0 Å². The Labute approximate surface area is 354 Å². The zero-order valence-corrected chi connectivity index (χ0v) is 35.7. The van der Waals surface area contributed by atoms with Crippen molar-refractivity contribution in [1.29, 1.82) is 0 Å². The fraction of sp³-hybridized carbons (Fsp3) is 0.452. The zero-order valence-electron chi connectivity index (χ0n) is 28.8. The molecule has 1 aliphatic rings. The SMILES string of the molecule is NCCCCCC(=O)O.O=C(Cl)c1ccc(Br)cc1.O=C(O)CCCCCNC(=O)c1ccc(Br)cc1.O=CO[O-].OC1CCCO1.[H-].[Na+].[Na+]. The molecule has 2 aromatic rings. The number of carboxylic acid groups (broad SMARTS) is 2. The summed E-state index contributed by atoms with van der Waals surface area (Å²) in [6, 6.07) is 14.0. The molecule has 3 rings (SSSR count). The van der Waals surface area contributed by atoms with Gasteiger partial charge in [-0.1, -0.05) is 44.7 Å². The van der Waals surface area contributed by atoms with Crippen LogP contribution in [0.3, 0.4) is 0 Å². The Morgan fingerprint density at radius 1 is 0.898 bits per heavy atom. The predicted octanol–water partition coefficient (Wildman–Crippen LogP) is -1.09. The van der Waals surface area contributed by atoms with Crippen LogP contribution in [0.2, 0.25) is 0 Å². The fourth-order valence-corrected chi connectivity index (χ4v) is 3.88. The molecule has 6 N–H and O–H groups in total. The molecule has 13 nitrogen and oxygen atoms in total. The number of ether oxygens (including phenoxy) is 1. The second-order valence-electron chi connectivity index (χ2n) is 9.40. The molecule has 0 radical (unpaired) electrons. The summed E-state index contributed by atoms with van der Waals surface area (Å²) < 4.78 is 6.59. The van der Waals surface area contributed by atoms with Gasteiger partial charge in [0.2, 0.25) is 0 Å². The van der Waals surface area contributed by atoms with E-state index in [0.29, 0.717) is 30.6 Å². The monoisotopic (exact) mass is 858 g/mol. The van der Waals surface area contributed by atoms with E-state index in [1.807, 2.05) is 12.1 Å². The third-order valence-corrected chi connectivity index (χ3v) is 6.85. The van der Waals surface area contributed by atoms with Crippen LogP contribution < -0.4 is 75.4 Å². The van der Waals surface area contributed by atoms with Gasteiger partial charge in [-0.2, -0.15) is 0 Å². The third kappa shape index (κ3) is 38.1. The number of amides is 1. The molecule has 0 saturated carbocycles. The first-order valence-electron chi connectivity index (χ1n) is 14.5. The number of aliphatic hydroxyl groups is 1. The summed E-state index contributed by atoms with van der Waals surface area (Å²) >= 11 is 11.7. The number of carbonyl (C=O) groups excluding carboxylic acids is 3. The Bertz CT molecular complexity index is 1150. The van der Waals surface area contributed by atoms with Gasteiger partial charge in [-0.3, -0.25) is 24.0 Å². The van der Waals surface area contributed by atoms with Crippen molar-refractivity contribution >= 4 is 73.0 Å². The van der Waals surface area contributed by atoms with Crippen LogP contribution in [0, 0.1) is 0 Å². The Balaban J connectivity index is -0.000000181. The molecule has 0 bridgehead atoms. The molecule has 266 valence electrons. The topological polar surface area (TPSA) is 226 Å². The van der Waals surface area contributed by atoms with Crippen molar-refractivity contribution in [2.75, 3.05) is 19.7 Å². The summed E-state index contributed by atoms with van der Waals surface area (Å²) in [6.45, 7) is 1.80. The van der Waals surface area contributed by atoms with E-state index in [4.69, 9.17) is 47.4 Å². The first-order valence-corrected chi connectivity index (χ1v) is 16.5. The van der Waals surface area contributed by atoms with Crippen molar-refractivity contribution in [2.24, 2.45) is 5.73 Å². The minimum absolute atomic E-state index is 0. The largest absolute Gasteiger partial charge is 1.00 e. The molecule has 0 spiro atoms. The summed E-state index contributed by atoms with van der Waals surface area (Å²) in [5.74, 6) is -1.58. The number of halogens is 3. The molecule has 1 amide bonds. The number of rotatable bonds is 14. The molecule has 1 atom stereocenters. The standard InChI is InChI=1S/C13H16BrNO3.C7H4BrClO.C6H13NO2.C4H8O2.CH2O3.2Na.H/c14-11-7-5-10(6-8-11)13(18)15-9-3-1-2-4-12(16)17;8-6-3-1-5(2-4-6)7(9)10;7-5-3-1-2-4-6(8)9;5-4-2-1-3-6-4;2-1-4-3;;;/h5-8H,1-4,9H2,(H,15,18)(H,16,17);1-4H;1-5,7H2,(H,8,9);4-5H,1-3H2;1,3H;;;/q;;;;;2*+1;-1/p-1. The number of nitrogens with one attached hydrogen (secondary N) is 1. The Morgan fingerprint density at radius 2 is 1.35 bits per heavy atom. The van der Waals surface area contributed by atoms with Gasteiger partial charge in [0, 0.05) is 52.5 Å². The zero-order chi connectivity index (χ0) is 35.9. The minimum atomic E-state index is -0.770. The van der Waals surface area contributed by atoms with Gasteiger partial charge in [0.05, 0.1) is 0 Å². The summed E-state index contributed by atoms with van der Waals surface area (Å²) in [4.78, 5) is 53.6. The van der Waals surface area contributed by atoms with Crippen molar-refractivity contribution in [3.8, 4) is 0 Å². The van der Waals surface area contributed by atoms with E-state index in [0.717, 1.165) is 60.5 Å².